The SMILES string of the molecule is C=CCC(C)C1=C(N(C)F)CN(CCC)C/C1=N/C(=C)C. The third-order valence-electron chi connectivity index (χ3n) is 3.62. The molecule has 0 aromatic rings. The molecule has 0 bridgehead atoms. The highest BCUT2D eigenvalue weighted by Gasteiger charge is 2.29. The van der Waals surface area contributed by atoms with Crippen molar-refractivity contribution < 1.29 is 4.48 Å². The molecule has 0 fully saturated rings. The number of nitrogens with zero attached hydrogens (tertiary/aromatic N) is 3. The van der Waals surface area contributed by atoms with Crippen LogP contribution in [0.5, 0.6) is 0 Å². The number of allylic oxidation sites excluding steroid dienone is 2. The monoisotopic (exact) mass is 293 g/mol. The summed E-state index contributed by atoms with van der Waals surface area (Å²) in [4.78, 5) is 6.81. The van der Waals surface area contributed by atoms with E-state index in [-0.39, 0.29) is 5.92 Å². The van der Waals surface area contributed by atoms with Crippen LogP contribution in [0.15, 0.2) is 41.2 Å². The average molecular weight is 293 g/mol. The lowest BCUT2D eigenvalue weighted by Crippen LogP contribution is -2.42. The first-order chi connectivity index (χ1) is 9.90. The van der Waals surface area contributed by atoms with Gasteiger partial charge in [-0.25, -0.2) is 5.12 Å². The van der Waals surface area contributed by atoms with Crippen LogP contribution < -0.4 is 0 Å². The predicted molar refractivity (Wildman–Crippen MR) is 88.9 cm³/mol. The van der Waals surface area contributed by atoms with E-state index in [0.29, 0.717) is 12.2 Å². The third kappa shape index (κ3) is 4.81. The zero-order valence-electron chi connectivity index (χ0n) is 13.8. The second-order valence-electron chi connectivity index (χ2n) is 5.77. The first kappa shape index (κ1) is 17.6. The molecule has 0 N–H and O–H groups in total. The Bertz CT molecular complexity index is 449. The van der Waals surface area contributed by atoms with E-state index in [9.17, 15) is 4.48 Å². The molecule has 1 rings (SSSR count). The summed E-state index contributed by atoms with van der Waals surface area (Å²) < 4.78 is 14.0. The molecule has 0 spiro atoms. The molecule has 0 saturated carbocycles. The summed E-state index contributed by atoms with van der Waals surface area (Å²) in [5.41, 5.74) is 3.42. The normalized spacial score (nSPS) is 19.8. The molecule has 118 valence electrons. The number of halogens is 1. The zero-order chi connectivity index (χ0) is 16.0. The Labute approximate surface area is 128 Å². The molecule has 1 aliphatic rings. The van der Waals surface area contributed by atoms with Gasteiger partial charge in [0.05, 0.1) is 11.4 Å². The summed E-state index contributed by atoms with van der Waals surface area (Å²) in [5.74, 6) is 0.206. The van der Waals surface area contributed by atoms with Crippen molar-refractivity contribution in [2.45, 2.75) is 33.6 Å². The van der Waals surface area contributed by atoms with E-state index in [1.165, 1.54) is 7.05 Å². The Balaban J connectivity index is 3.29. The Morgan fingerprint density at radius 3 is 2.67 bits per heavy atom. The van der Waals surface area contributed by atoms with Gasteiger partial charge in [0.2, 0.25) is 0 Å². The van der Waals surface area contributed by atoms with Crippen molar-refractivity contribution in [2.24, 2.45) is 10.9 Å². The van der Waals surface area contributed by atoms with Crippen molar-refractivity contribution in [2.75, 3.05) is 26.7 Å². The lowest BCUT2D eigenvalue weighted by Gasteiger charge is -2.35. The second kappa shape index (κ2) is 8.13. The highest BCUT2D eigenvalue weighted by molar-refractivity contribution is 6.04. The zero-order valence-corrected chi connectivity index (χ0v) is 13.8. The van der Waals surface area contributed by atoms with E-state index < -0.39 is 0 Å². The van der Waals surface area contributed by atoms with Gasteiger partial charge >= 0.3 is 0 Å². The van der Waals surface area contributed by atoms with Gasteiger partial charge < -0.3 is 0 Å². The highest BCUT2D eigenvalue weighted by atomic mass is 19.2. The second-order valence-corrected chi connectivity index (χ2v) is 5.77. The Kier molecular flexibility index (Phi) is 6.82. The lowest BCUT2D eigenvalue weighted by molar-refractivity contribution is 0.0890. The minimum Gasteiger partial charge on any atom is -0.292 e. The highest BCUT2D eigenvalue weighted by Crippen LogP contribution is 2.28. The largest absolute Gasteiger partial charge is 0.292 e. The van der Waals surface area contributed by atoms with Crippen LogP contribution in [-0.4, -0.2) is 42.4 Å². The topological polar surface area (TPSA) is 18.8 Å². The minimum absolute atomic E-state index is 0.206. The predicted octanol–water partition coefficient (Wildman–Crippen LogP) is 3.97. The van der Waals surface area contributed by atoms with Gasteiger partial charge in [-0.15, -0.1) is 11.1 Å². The standard InChI is InChI=1S/C17H28FN3/c1-7-9-14(5)17-15(19-13(3)4)11-21(10-8-2)12-16(17)20(6)18/h7,14H,1,3,8-12H2,2,4-6H3/b19-15-. The first-order valence-corrected chi connectivity index (χ1v) is 7.59. The van der Waals surface area contributed by atoms with Gasteiger partial charge in [0, 0.05) is 31.4 Å². The summed E-state index contributed by atoms with van der Waals surface area (Å²) >= 11 is 0. The van der Waals surface area contributed by atoms with Crippen LogP contribution in [0, 0.1) is 5.92 Å². The molecular weight excluding hydrogens is 265 g/mol. The Hall–Kier alpha value is -1.42. The van der Waals surface area contributed by atoms with Crippen LogP contribution in [0.3, 0.4) is 0 Å². The van der Waals surface area contributed by atoms with E-state index in [4.69, 9.17) is 0 Å². The van der Waals surface area contributed by atoms with E-state index in [2.05, 4.69) is 36.9 Å². The van der Waals surface area contributed by atoms with E-state index in [0.717, 1.165) is 48.0 Å². The number of rotatable bonds is 7. The van der Waals surface area contributed by atoms with Gasteiger partial charge in [0.1, 0.15) is 0 Å². The molecule has 1 unspecified atom stereocenters. The molecule has 0 aromatic heterocycles. The van der Waals surface area contributed by atoms with E-state index in [1.807, 2.05) is 13.0 Å². The fourth-order valence-corrected chi connectivity index (χ4v) is 2.82. The van der Waals surface area contributed by atoms with Crippen molar-refractivity contribution in [1.82, 2.24) is 10.0 Å². The maximum atomic E-state index is 14.0. The number of aliphatic imine (C=N–C) groups is 1. The van der Waals surface area contributed by atoms with E-state index in [1.54, 1.807) is 0 Å². The van der Waals surface area contributed by atoms with Crippen LogP contribution in [0.4, 0.5) is 4.48 Å². The Morgan fingerprint density at radius 2 is 2.19 bits per heavy atom. The van der Waals surface area contributed by atoms with Crippen LogP contribution in [0.2, 0.25) is 0 Å². The summed E-state index contributed by atoms with van der Waals surface area (Å²) in [6.07, 6.45) is 3.74. The molecule has 21 heavy (non-hydrogen) atoms. The van der Waals surface area contributed by atoms with Crippen LogP contribution >= 0.6 is 0 Å². The molecule has 0 saturated heterocycles. The molecule has 0 radical (unpaired) electrons. The summed E-state index contributed by atoms with van der Waals surface area (Å²) in [5, 5.41) is 0.741. The maximum Gasteiger partial charge on any atom is 0.0652 e. The third-order valence-corrected chi connectivity index (χ3v) is 3.62. The first-order valence-electron chi connectivity index (χ1n) is 7.59. The quantitative estimate of drug-likeness (QED) is 0.522. The molecule has 0 aliphatic carbocycles. The van der Waals surface area contributed by atoms with Gasteiger partial charge in [-0.2, -0.15) is 0 Å². The van der Waals surface area contributed by atoms with Crippen molar-refractivity contribution in [1.29, 1.82) is 0 Å². The van der Waals surface area contributed by atoms with Crippen molar-refractivity contribution in [3.63, 3.8) is 0 Å². The molecule has 1 heterocycles. The number of hydrogen-bond donors (Lipinski definition) is 0. The van der Waals surface area contributed by atoms with Crippen LogP contribution in [0.1, 0.15) is 33.6 Å². The number of likely N-dealkylation sites (N-methyl/N-ethyl adjacent to an activating group) is 1. The molecular formula is C17H28FN3. The smallest absolute Gasteiger partial charge is 0.0652 e. The maximum absolute atomic E-state index is 14.0. The van der Waals surface area contributed by atoms with Crippen molar-refractivity contribution in [3.8, 4) is 0 Å². The van der Waals surface area contributed by atoms with Gasteiger partial charge in [0.15, 0.2) is 0 Å². The van der Waals surface area contributed by atoms with Crippen molar-refractivity contribution >= 4 is 5.71 Å². The molecule has 0 aromatic carbocycles. The fourth-order valence-electron chi connectivity index (χ4n) is 2.82. The number of hydrogen-bond acceptors (Lipinski definition) is 3. The van der Waals surface area contributed by atoms with Gasteiger partial charge in [-0.05, 0) is 32.2 Å². The minimum atomic E-state index is 0.206. The molecule has 4 heteroatoms. The van der Waals surface area contributed by atoms with E-state index >= 15 is 0 Å². The Morgan fingerprint density at radius 1 is 1.52 bits per heavy atom. The van der Waals surface area contributed by atoms with Gasteiger partial charge in [0.25, 0.3) is 0 Å². The van der Waals surface area contributed by atoms with Crippen LogP contribution in [-0.2, 0) is 0 Å². The molecule has 1 aliphatic heterocycles. The average Bonchev–Trinajstić information content (AvgIpc) is 2.37. The molecule has 0 amide bonds. The summed E-state index contributed by atoms with van der Waals surface area (Å²) in [7, 11) is 1.46. The molecule has 1 atom stereocenters. The fraction of sp³-hybridized carbons (Fsp3) is 0.588. The van der Waals surface area contributed by atoms with Gasteiger partial charge in [-0.3, -0.25) is 9.89 Å². The van der Waals surface area contributed by atoms with Gasteiger partial charge in [-0.1, -0.05) is 26.5 Å². The van der Waals surface area contributed by atoms with Crippen LogP contribution in [0.25, 0.3) is 0 Å². The summed E-state index contributed by atoms with van der Waals surface area (Å²) in [6, 6.07) is 0. The summed E-state index contributed by atoms with van der Waals surface area (Å²) in [6.45, 7) is 16.1. The van der Waals surface area contributed by atoms with Crippen molar-refractivity contribution in [3.05, 3.63) is 36.2 Å². The molecule has 3 nitrogen and oxygen atoms in total. The lowest BCUT2D eigenvalue weighted by atomic mass is 9.88.